The van der Waals surface area contributed by atoms with Crippen LogP contribution in [0.1, 0.15) is 23.2 Å². The third kappa shape index (κ3) is 3.61. The zero-order chi connectivity index (χ0) is 12.1. The third-order valence-electron chi connectivity index (χ3n) is 2.01. The van der Waals surface area contributed by atoms with E-state index in [1.807, 2.05) is 0 Å². The molecule has 0 saturated carbocycles. The number of benzene rings is 1. The Kier molecular flexibility index (Phi) is 4.96. The molecule has 16 heavy (non-hydrogen) atoms. The van der Waals surface area contributed by atoms with Gasteiger partial charge in [-0.25, -0.2) is 0 Å². The predicted octanol–water partition coefficient (Wildman–Crippen LogP) is 3.24. The molecule has 0 N–H and O–H groups in total. The molecule has 3 nitrogen and oxygen atoms in total. The van der Waals surface area contributed by atoms with Gasteiger partial charge in [-0.15, -0.1) is 0 Å². The van der Waals surface area contributed by atoms with Gasteiger partial charge in [-0.2, -0.15) is 0 Å². The standard InChI is InChI=1S/C11H10BrClO3/c1-16-11(15)5-4-10(14)8-6-7(12)2-3-9(8)13/h2-3,6H,4-5H2,1H3. The highest BCUT2D eigenvalue weighted by atomic mass is 79.9. The molecule has 0 unspecified atom stereocenters. The molecule has 0 spiro atoms. The second kappa shape index (κ2) is 6.01. The van der Waals surface area contributed by atoms with E-state index in [1.165, 1.54) is 7.11 Å². The Bertz CT molecular complexity index is 418. The molecule has 0 aliphatic heterocycles. The van der Waals surface area contributed by atoms with Gasteiger partial charge < -0.3 is 4.74 Å². The van der Waals surface area contributed by atoms with E-state index in [0.717, 1.165) is 4.47 Å². The summed E-state index contributed by atoms with van der Waals surface area (Å²) >= 11 is 9.14. The van der Waals surface area contributed by atoms with Crippen molar-refractivity contribution < 1.29 is 14.3 Å². The Labute approximate surface area is 107 Å². The quantitative estimate of drug-likeness (QED) is 0.633. The van der Waals surface area contributed by atoms with Crippen LogP contribution in [0, 0.1) is 0 Å². The molecular formula is C11H10BrClO3. The largest absolute Gasteiger partial charge is 0.469 e. The number of Topliss-reactive ketones (excluding diaryl/α,β-unsaturated/α-hetero) is 1. The summed E-state index contributed by atoms with van der Waals surface area (Å²) in [6.07, 6.45) is 0.168. The van der Waals surface area contributed by atoms with E-state index in [4.69, 9.17) is 11.6 Å². The molecule has 0 heterocycles. The number of hydrogen-bond acceptors (Lipinski definition) is 3. The van der Waals surface area contributed by atoms with Crippen LogP contribution in [0.4, 0.5) is 0 Å². The van der Waals surface area contributed by atoms with Gasteiger partial charge in [0.25, 0.3) is 0 Å². The summed E-state index contributed by atoms with van der Waals surface area (Å²) in [4.78, 5) is 22.6. The van der Waals surface area contributed by atoms with Crippen LogP contribution in [0.5, 0.6) is 0 Å². The Morgan fingerprint density at radius 1 is 1.38 bits per heavy atom. The summed E-state index contributed by atoms with van der Waals surface area (Å²) in [5.41, 5.74) is 0.417. The van der Waals surface area contributed by atoms with Gasteiger partial charge in [0.1, 0.15) is 0 Å². The molecule has 0 aliphatic carbocycles. The molecule has 0 radical (unpaired) electrons. The van der Waals surface area contributed by atoms with E-state index in [-0.39, 0.29) is 18.6 Å². The van der Waals surface area contributed by atoms with Gasteiger partial charge in [-0.05, 0) is 18.2 Å². The van der Waals surface area contributed by atoms with Crippen LogP contribution < -0.4 is 0 Å². The van der Waals surface area contributed by atoms with Gasteiger partial charge >= 0.3 is 5.97 Å². The van der Waals surface area contributed by atoms with Crippen LogP contribution in [0.15, 0.2) is 22.7 Å². The van der Waals surface area contributed by atoms with Crippen molar-refractivity contribution in [1.82, 2.24) is 0 Å². The van der Waals surface area contributed by atoms with Crippen molar-refractivity contribution in [1.29, 1.82) is 0 Å². The van der Waals surface area contributed by atoms with E-state index in [1.54, 1.807) is 18.2 Å². The van der Waals surface area contributed by atoms with Gasteiger partial charge in [0.15, 0.2) is 5.78 Å². The van der Waals surface area contributed by atoms with Crippen LogP contribution in [0.25, 0.3) is 0 Å². The summed E-state index contributed by atoms with van der Waals surface area (Å²) in [7, 11) is 1.29. The highest BCUT2D eigenvalue weighted by Crippen LogP contribution is 2.22. The van der Waals surface area contributed by atoms with Gasteiger partial charge in [-0.1, -0.05) is 27.5 Å². The van der Waals surface area contributed by atoms with Crippen LogP contribution in [0.3, 0.4) is 0 Å². The van der Waals surface area contributed by atoms with E-state index in [0.29, 0.717) is 10.6 Å². The first-order chi connectivity index (χ1) is 7.54. The maximum Gasteiger partial charge on any atom is 0.305 e. The zero-order valence-corrected chi connectivity index (χ0v) is 11.0. The summed E-state index contributed by atoms with van der Waals surface area (Å²) in [6.45, 7) is 0. The van der Waals surface area contributed by atoms with E-state index in [2.05, 4.69) is 20.7 Å². The first-order valence-electron chi connectivity index (χ1n) is 4.59. The Morgan fingerprint density at radius 3 is 2.69 bits per heavy atom. The normalized spacial score (nSPS) is 9.94. The average Bonchev–Trinajstić information content (AvgIpc) is 2.28. The maximum atomic E-state index is 11.7. The topological polar surface area (TPSA) is 43.4 Å². The number of hydrogen-bond donors (Lipinski definition) is 0. The smallest absolute Gasteiger partial charge is 0.305 e. The number of methoxy groups -OCH3 is 1. The Morgan fingerprint density at radius 2 is 2.06 bits per heavy atom. The predicted molar refractivity (Wildman–Crippen MR) is 64.7 cm³/mol. The summed E-state index contributed by atoms with van der Waals surface area (Å²) in [5, 5.41) is 0.387. The number of ether oxygens (including phenoxy) is 1. The van der Waals surface area contributed by atoms with Crippen molar-refractivity contribution in [3.05, 3.63) is 33.3 Å². The Hall–Kier alpha value is -0.870. The molecule has 5 heteroatoms. The lowest BCUT2D eigenvalue weighted by atomic mass is 10.1. The first kappa shape index (κ1) is 13.2. The molecule has 0 aliphatic rings. The number of carbonyl (C=O) groups excluding carboxylic acids is 2. The molecule has 1 rings (SSSR count). The molecule has 0 amide bonds. The Balaban J connectivity index is 2.73. The lowest BCUT2D eigenvalue weighted by Crippen LogP contribution is -2.06. The molecule has 0 bridgehead atoms. The molecule has 1 aromatic rings. The summed E-state index contributed by atoms with van der Waals surface area (Å²) < 4.78 is 5.23. The fraction of sp³-hybridized carbons (Fsp3) is 0.273. The molecule has 1 aromatic carbocycles. The molecular weight excluding hydrogens is 295 g/mol. The highest BCUT2D eigenvalue weighted by Gasteiger charge is 2.12. The second-order valence-electron chi connectivity index (χ2n) is 3.12. The van der Waals surface area contributed by atoms with Crippen LogP contribution in [-0.4, -0.2) is 18.9 Å². The van der Waals surface area contributed by atoms with Crippen molar-refractivity contribution in [2.24, 2.45) is 0 Å². The number of ketones is 1. The van der Waals surface area contributed by atoms with Crippen molar-refractivity contribution in [2.45, 2.75) is 12.8 Å². The van der Waals surface area contributed by atoms with Crippen LogP contribution >= 0.6 is 27.5 Å². The van der Waals surface area contributed by atoms with E-state index in [9.17, 15) is 9.59 Å². The average molecular weight is 306 g/mol. The van der Waals surface area contributed by atoms with E-state index >= 15 is 0 Å². The minimum atomic E-state index is -0.403. The van der Waals surface area contributed by atoms with Crippen molar-refractivity contribution >= 4 is 39.3 Å². The van der Waals surface area contributed by atoms with Crippen LogP contribution in [-0.2, 0) is 9.53 Å². The summed E-state index contributed by atoms with van der Waals surface area (Å²) in [6, 6.07) is 5.03. The zero-order valence-electron chi connectivity index (χ0n) is 8.63. The fourth-order valence-corrected chi connectivity index (χ4v) is 1.75. The molecule has 86 valence electrons. The van der Waals surface area contributed by atoms with Crippen molar-refractivity contribution in [3.63, 3.8) is 0 Å². The van der Waals surface area contributed by atoms with Crippen LogP contribution in [0.2, 0.25) is 5.02 Å². The maximum absolute atomic E-state index is 11.7. The lowest BCUT2D eigenvalue weighted by Gasteiger charge is -2.03. The molecule has 0 fully saturated rings. The fourth-order valence-electron chi connectivity index (χ4n) is 1.16. The third-order valence-corrected chi connectivity index (χ3v) is 2.84. The molecule has 0 aromatic heterocycles. The van der Waals surface area contributed by atoms with Gasteiger partial charge in [0.05, 0.1) is 18.6 Å². The number of esters is 1. The number of rotatable bonds is 4. The van der Waals surface area contributed by atoms with Crippen molar-refractivity contribution in [2.75, 3.05) is 7.11 Å². The highest BCUT2D eigenvalue weighted by molar-refractivity contribution is 9.10. The SMILES string of the molecule is COC(=O)CCC(=O)c1cc(Br)ccc1Cl. The lowest BCUT2D eigenvalue weighted by molar-refractivity contribution is -0.140. The number of carbonyl (C=O) groups is 2. The van der Waals surface area contributed by atoms with Gasteiger partial charge in [0, 0.05) is 16.5 Å². The second-order valence-corrected chi connectivity index (χ2v) is 4.45. The molecule has 0 saturated heterocycles. The summed E-state index contributed by atoms with van der Waals surface area (Å²) in [5.74, 6) is -0.573. The minimum absolute atomic E-state index is 0.0676. The van der Waals surface area contributed by atoms with Crippen molar-refractivity contribution in [3.8, 4) is 0 Å². The minimum Gasteiger partial charge on any atom is -0.469 e. The number of halogens is 2. The van der Waals surface area contributed by atoms with Gasteiger partial charge in [-0.3, -0.25) is 9.59 Å². The van der Waals surface area contributed by atoms with Gasteiger partial charge in [0.2, 0.25) is 0 Å². The molecule has 0 atom stereocenters. The first-order valence-corrected chi connectivity index (χ1v) is 5.76. The van der Waals surface area contributed by atoms with E-state index < -0.39 is 5.97 Å². The monoisotopic (exact) mass is 304 g/mol.